The molecule has 33 heavy (non-hydrogen) atoms. The fraction of sp³-hybridized carbons (Fsp3) is 0.400. The van der Waals surface area contributed by atoms with E-state index in [0.29, 0.717) is 5.76 Å². The van der Waals surface area contributed by atoms with Gasteiger partial charge in [0.15, 0.2) is 17.3 Å². The number of fused-ring (bicyclic) bond motifs is 1. The summed E-state index contributed by atoms with van der Waals surface area (Å²) >= 11 is 1.64. The Bertz CT molecular complexity index is 1100. The molecule has 2 aliphatic rings. The summed E-state index contributed by atoms with van der Waals surface area (Å²) in [5.74, 6) is 1.63. The summed E-state index contributed by atoms with van der Waals surface area (Å²) < 4.78 is 16.6. The number of piperazine rings is 1. The van der Waals surface area contributed by atoms with Crippen molar-refractivity contribution in [3.63, 3.8) is 0 Å². The number of amides is 1. The van der Waals surface area contributed by atoms with E-state index in [-0.39, 0.29) is 18.7 Å². The van der Waals surface area contributed by atoms with Crippen molar-refractivity contribution in [1.82, 2.24) is 9.80 Å². The van der Waals surface area contributed by atoms with Crippen LogP contribution in [0.15, 0.2) is 47.1 Å². The number of hydrogen-bond acceptors (Lipinski definition) is 7. The summed E-state index contributed by atoms with van der Waals surface area (Å²) in [6.45, 7) is 9.62. The number of rotatable bonds is 7. The van der Waals surface area contributed by atoms with Crippen molar-refractivity contribution < 1.29 is 18.7 Å². The number of furan rings is 1. The third-order valence-corrected chi connectivity index (χ3v) is 7.57. The Morgan fingerprint density at radius 2 is 1.91 bits per heavy atom. The number of hydrogen-bond donors (Lipinski definition) is 1. The number of likely N-dealkylation sites (N-methyl/N-ethyl adjacent to an activating group) is 1. The van der Waals surface area contributed by atoms with E-state index in [2.05, 4.69) is 47.2 Å². The Hall–Kier alpha value is -2.81. The van der Waals surface area contributed by atoms with Crippen LogP contribution in [0.25, 0.3) is 0 Å². The number of aryl methyl sites for hydroxylation is 1. The third-order valence-electron chi connectivity index (χ3n) is 6.36. The fourth-order valence-corrected chi connectivity index (χ4v) is 5.54. The van der Waals surface area contributed by atoms with Crippen molar-refractivity contribution >= 4 is 22.2 Å². The number of carbonyl (C=O) groups excluding carboxylic acids is 1. The minimum Gasteiger partial charge on any atom is -0.459 e. The first-order chi connectivity index (χ1) is 16.2. The summed E-state index contributed by atoms with van der Waals surface area (Å²) in [7, 11) is 0. The van der Waals surface area contributed by atoms with E-state index in [9.17, 15) is 4.79 Å². The molecule has 3 aromatic rings. The van der Waals surface area contributed by atoms with Gasteiger partial charge in [-0.15, -0.1) is 11.3 Å². The van der Waals surface area contributed by atoms with Crippen LogP contribution in [0.2, 0.25) is 0 Å². The zero-order valence-corrected chi connectivity index (χ0v) is 19.8. The van der Waals surface area contributed by atoms with Gasteiger partial charge in [0, 0.05) is 36.6 Å². The summed E-state index contributed by atoms with van der Waals surface area (Å²) in [6, 6.07) is 11.8. The van der Waals surface area contributed by atoms with Gasteiger partial charge in [-0.3, -0.25) is 9.69 Å². The van der Waals surface area contributed by atoms with E-state index in [4.69, 9.17) is 13.9 Å². The van der Waals surface area contributed by atoms with Gasteiger partial charge >= 0.3 is 0 Å². The van der Waals surface area contributed by atoms with Gasteiger partial charge in [-0.25, -0.2) is 0 Å². The maximum atomic E-state index is 12.8. The monoisotopic (exact) mass is 467 g/mol. The van der Waals surface area contributed by atoms with Gasteiger partial charge < -0.3 is 24.1 Å². The molecular formula is C25H29N3O4S. The topological polar surface area (TPSA) is 67.2 Å². The van der Waals surface area contributed by atoms with Gasteiger partial charge in [0.25, 0.3) is 5.91 Å². The SMILES string of the molecule is CCc1cc([C@@H](c2ccc3c(c2)OCO3)N2CCN(CC)CC2)c(NC(=O)c2ccco2)s1. The van der Waals surface area contributed by atoms with Crippen LogP contribution in [0.3, 0.4) is 0 Å². The lowest BCUT2D eigenvalue weighted by atomic mass is 9.96. The first-order valence-electron chi connectivity index (χ1n) is 11.5. The first-order valence-corrected chi connectivity index (χ1v) is 12.3. The molecular weight excluding hydrogens is 438 g/mol. The average molecular weight is 468 g/mol. The van der Waals surface area contributed by atoms with Crippen LogP contribution in [0.5, 0.6) is 11.5 Å². The highest BCUT2D eigenvalue weighted by molar-refractivity contribution is 7.16. The number of ether oxygens (including phenoxy) is 2. The number of benzene rings is 1. The molecule has 1 amide bonds. The Morgan fingerprint density at radius 3 is 2.64 bits per heavy atom. The van der Waals surface area contributed by atoms with E-state index in [1.54, 1.807) is 23.5 Å². The van der Waals surface area contributed by atoms with Gasteiger partial charge in [0.1, 0.15) is 5.00 Å². The predicted octanol–water partition coefficient (Wildman–Crippen LogP) is 4.61. The highest BCUT2D eigenvalue weighted by Crippen LogP contribution is 2.43. The third kappa shape index (κ3) is 4.51. The number of nitrogens with one attached hydrogen (secondary N) is 1. The molecule has 7 nitrogen and oxygen atoms in total. The molecule has 4 heterocycles. The smallest absolute Gasteiger partial charge is 0.291 e. The van der Waals surface area contributed by atoms with Crippen LogP contribution >= 0.6 is 11.3 Å². The summed E-state index contributed by atoms with van der Waals surface area (Å²) in [5.41, 5.74) is 2.25. The standard InChI is InChI=1S/C25H29N3O4S/c1-3-18-15-19(25(33-18)26-24(29)21-6-5-13-30-21)23(28-11-9-27(4-2)10-12-28)17-7-8-20-22(14-17)32-16-31-20/h5-8,13-15,23H,3-4,9-12,16H2,1-2H3,(H,26,29)/t23-/m1/s1. The number of thiophene rings is 1. The number of nitrogens with zero attached hydrogens (tertiary/aromatic N) is 2. The van der Waals surface area contributed by atoms with Crippen LogP contribution in [0, 0.1) is 0 Å². The number of anilines is 1. The van der Waals surface area contributed by atoms with Gasteiger partial charge in [-0.2, -0.15) is 0 Å². The van der Waals surface area contributed by atoms with Gasteiger partial charge in [-0.05, 0) is 48.9 Å². The maximum Gasteiger partial charge on any atom is 0.291 e. The molecule has 8 heteroatoms. The number of carbonyl (C=O) groups is 1. The molecule has 1 atom stereocenters. The van der Waals surface area contributed by atoms with Crippen molar-refractivity contribution in [1.29, 1.82) is 0 Å². The zero-order valence-electron chi connectivity index (χ0n) is 19.0. The minimum absolute atomic E-state index is 0.00181. The first kappa shape index (κ1) is 22.0. The maximum absolute atomic E-state index is 12.8. The molecule has 0 unspecified atom stereocenters. The molecule has 1 saturated heterocycles. The second-order valence-electron chi connectivity index (χ2n) is 8.27. The Balaban J connectivity index is 1.53. The summed E-state index contributed by atoms with van der Waals surface area (Å²) in [4.78, 5) is 19.1. The quantitative estimate of drug-likeness (QED) is 0.547. The van der Waals surface area contributed by atoms with Crippen LogP contribution < -0.4 is 14.8 Å². The van der Waals surface area contributed by atoms with E-state index >= 15 is 0 Å². The summed E-state index contributed by atoms with van der Waals surface area (Å²) in [5, 5.41) is 3.99. The second-order valence-corrected chi connectivity index (χ2v) is 9.40. The summed E-state index contributed by atoms with van der Waals surface area (Å²) in [6.07, 6.45) is 2.43. The van der Waals surface area contributed by atoms with Crippen molar-refractivity contribution in [2.75, 3.05) is 44.8 Å². The molecule has 0 aliphatic carbocycles. The molecule has 5 rings (SSSR count). The van der Waals surface area contributed by atoms with Crippen LogP contribution in [-0.2, 0) is 6.42 Å². The minimum atomic E-state index is -0.231. The second kappa shape index (κ2) is 9.59. The van der Waals surface area contributed by atoms with E-state index in [0.717, 1.165) is 66.8 Å². The molecule has 0 bridgehead atoms. The van der Waals surface area contributed by atoms with Crippen LogP contribution in [0.4, 0.5) is 5.00 Å². The van der Waals surface area contributed by atoms with Gasteiger partial charge in [0.05, 0.1) is 12.3 Å². The van der Waals surface area contributed by atoms with Crippen molar-refractivity contribution in [2.45, 2.75) is 26.3 Å². The van der Waals surface area contributed by atoms with Crippen LogP contribution in [0.1, 0.15) is 46.4 Å². The highest BCUT2D eigenvalue weighted by atomic mass is 32.1. The van der Waals surface area contributed by atoms with Gasteiger partial charge in [0.2, 0.25) is 6.79 Å². The molecule has 2 aliphatic heterocycles. The van der Waals surface area contributed by atoms with Crippen molar-refractivity contribution in [2.24, 2.45) is 0 Å². The molecule has 174 valence electrons. The Labute approximate surface area is 197 Å². The highest BCUT2D eigenvalue weighted by Gasteiger charge is 2.31. The van der Waals surface area contributed by atoms with E-state index in [1.807, 2.05) is 6.07 Å². The van der Waals surface area contributed by atoms with E-state index < -0.39 is 0 Å². The van der Waals surface area contributed by atoms with Crippen molar-refractivity contribution in [3.05, 3.63) is 64.4 Å². The Morgan fingerprint density at radius 1 is 1.09 bits per heavy atom. The van der Waals surface area contributed by atoms with Crippen LogP contribution in [-0.4, -0.2) is 55.2 Å². The lowest BCUT2D eigenvalue weighted by Crippen LogP contribution is -2.47. The molecule has 2 aromatic heterocycles. The lowest BCUT2D eigenvalue weighted by Gasteiger charge is -2.39. The Kier molecular flexibility index (Phi) is 6.39. The van der Waals surface area contributed by atoms with Crippen molar-refractivity contribution in [3.8, 4) is 11.5 Å². The molecule has 0 radical (unpaired) electrons. The fourth-order valence-electron chi connectivity index (χ4n) is 4.51. The average Bonchev–Trinajstić information content (AvgIpc) is 3.61. The molecule has 0 saturated carbocycles. The lowest BCUT2D eigenvalue weighted by molar-refractivity contribution is 0.0995. The molecule has 0 spiro atoms. The van der Waals surface area contributed by atoms with Gasteiger partial charge in [-0.1, -0.05) is 19.9 Å². The molecule has 1 aromatic carbocycles. The van der Waals surface area contributed by atoms with E-state index in [1.165, 1.54) is 11.1 Å². The normalized spacial score (nSPS) is 17.3. The molecule has 1 N–H and O–H groups in total. The molecule has 1 fully saturated rings. The predicted molar refractivity (Wildman–Crippen MR) is 128 cm³/mol. The largest absolute Gasteiger partial charge is 0.459 e. The zero-order chi connectivity index (χ0) is 22.8.